The lowest BCUT2D eigenvalue weighted by molar-refractivity contribution is 0.617. The fourth-order valence-corrected chi connectivity index (χ4v) is 1.82. The van der Waals surface area contributed by atoms with Gasteiger partial charge in [-0.1, -0.05) is 48.5 Å². The topological polar surface area (TPSA) is 13.1 Å². The lowest BCUT2D eigenvalue weighted by atomic mass is 10.1. The van der Waals surface area contributed by atoms with Crippen molar-refractivity contribution in [1.82, 2.24) is 0 Å². The van der Waals surface area contributed by atoms with Crippen LogP contribution in [0.25, 0.3) is 22.1 Å². The summed E-state index contributed by atoms with van der Waals surface area (Å²) in [6, 6.07) is 18.4. The van der Waals surface area contributed by atoms with Crippen molar-refractivity contribution < 1.29 is 4.42 Å². The summed E-state index contributed by atoms with van der Waals surface area (Å²) < 4.78 is 5.50. The molecule has 0 spiro atoms. The molecular formula is C14H10O. The van der Waals surface area contributed by atoms with Gasteiger partial charge in [0, 0.05) is 10.9 Å². The van der Waals surface area contributed by atoms with Crippen LogP contribution in [0.1, 0.15) is 0 Å². The van der Waals surface area contributed by atoms with Gasteiger partial charge < -0.3 is 4.42 Å². The highest BCUT2D eigenvalue weighted by molar-refractivity contribution is 5.93. The molecular weight excluding hydrogens is 184 g/mol. The number of benzene rings is 2. The van der Waals surface area contributed by atoms with Crippen molar-refractivity contribution >= 4 is 11.0 Å². The van der Waals surface area contributed by atoms with E-state index < -0.39 is 0 Å². The molecule has 0 aliphatic carbocycles. The first-order chi connectivity index (χ1) is 7.45. The summed E-state index contributed by atoms with van der Waals surface area (Å²) in [5.74, 6) is 0. The molecule has 3 rings (SSSR count). The van der Waals surface area contributed by atoms with E-state index in [1.807, 2.05) is 42.7 Å². The van der Waals surface area contributed by atoms with Crippen molar-refractivity contribution in [2.45, 2.75) is 0 Å². The van der Waals surface area contributed by atoms with E-state index in [-0.39, 0.29) is 0 Å². The summed E-state index contributed by atoms with van der Waals surface area (Å²) in [6.45, 7) is 0. The summed E-state index contributed by atoms with van der Waals surface area (Å²) in [5.41, 5.74) is 3.30. The van der Waals surface area contributed by atoms with Crippen LogP contribution in [0.5, 0.6) is 0 Å². The summed E-state index contributed by atoms with van der Waals surface area (Å²) >= 11 is 0. The zero-order chi connectivity index (χ0) is 10.1. The average Bonchev–Trinajstić information content (AvgIpc) is 2.74. The maximum absolute atomic E-state index is 5.50. The van der Waals surface area contributed by atoms with Crippen molar-refractivity contribution in [3.63, 3.8) is 0 Å². The number of hydrogen-bond acceptors (Lipinski definition) is 1. The van der Waals surface area contributed by atoms with Crippen LogP contribution in [-0.4, -0.2) is 0 Å². The van der Waals surface area contributed by atoms with Crippen LogP contribution >= 0.6 is 0 Å². The number of para-hydroxylation sites is 1. The third-order valence-electron chi connectivity index (χ3n) is 2.57. The van der Waals surface area contributed by atoms with Gasteiger partial charge in [-0.15, -0.1) is 0 Å². The second-order valence-electron chi connectivity index (χ2n) is 3.51. The Labute approximate surface area is 88.0 Å². The SMILES string of the molecule is c1ccc(-c2coc3ccccc23)cc1. The van der Waals surface area contributed by atoms with Crippen molar-refractivity contribution in [3.05, 3.63) is 60.9 Å². The van der Waals surface area contributed by atoms with Gasteiger partial charge in [-0.2, -0.15) is 0 Å². The van der Waals surface area contributed by atoms with Crippen molar-refractivity contribution in [3.8, 4) is 11.1 Å². The van der Waals surface area contributed by atoms with E-state index in [1.54, 1.807) is 0 Å². The lowest BCUT2D eigenvalue weighted by Crippen LogP contribution is -1.73. The fourth-order valence-electron chi connectivity index (χ4n) is 1.82. The van der Waals surface area contributed by atoms with Gasteiger partial charge in [0.2, 0.25) is 0 Å². The highest BCUT2D eigenvalue weighted by Gasteiger charge is 2.05. The minimum atomic E-state index is 0.941. The maximum atomic E-state index is 5.50. The van der Waals surface area contributed by atoms with Gasteiger partial charge in [-0.25, -0.2) is 0 Å². The summed E-state index contributed by atoms with van der Waals surface area (Å²) in [5, 5.41) is 1.17. The Morgan fingerprint density at radius 1 is 0.733 bits per heavy atom. The van der Waals surface area contributed by atoms with Crippen LogP contribution in [0.4, 0.5) is 0 Å². The lowest BCUT2D eigenvalue weighted by Gasteiger charge is -1.96. The molecule has 3 aromatic rings. The molecule has 0 bridgehead atoms. The summed E-state index contributed by atoms with van der Waals surface area (Å²) in [7, 11) is 0. The molecule has 15 heavy (non-hydrogen) atoms. The molecule has 0 amide bonds. The minimum absolute atomic E-state index is 0.941. The van der Waals surface area contributed by atoms with Crippen molar-refractivity contribution in [1.29, 1.82) is 0 Å². The monoisotopic (exact) mass is 194 g/mol. The number of rotatable bonds is 1. The first kappa shape index (κ1) is 8.30. The van der Waals surface area contributed by atoms with Crippen LogP contribution in [0, 0.1) is 0 Å². The quantitative estimate of drug-likeness (QED) is 0.568. The van der Waals surface area contributed by atoms with Crippen molar-refractivity contribution in [2.24, 2.45) is 0 Å². The van der Waals surface area contributed by atoms with Crippen molar-refractivity contribution in [2.75, 3.05) is 0 Å². The Hall–Kier alpha value is -2.02. The zero-order valence-corrected chi connectivity index (χ0v) is 8.18. The molecule has 0 radical (unpaired) electrons. The van der Waals surface area contributed by atoms with Gasteiger partial charge in [0.1, 0.15) is 5.58 Å². The van der Waals surface area contributed by atoms with E-state index in [0.29, 0.717) is 0 Å². The van der Waals surface area contributed by atoms with Crippen LogP contribution in [0.3, 0.4) is 0 Å². The molecule has 1 heterocycles. The molecule has 0 fully saturated rings. The molecule has 0 atom stereocenters. The molecule has 0 aliphatic heterocycles. The molecule has 0 saturated heterocycles. The standard InChI is InChI=1S/C14H10O/c1-2-6-11(7-3-1)13-10-15-14-9-5-4-8-12(13)14/h1-10H. The number of fused-ring (bicyclic) bond motifs is 1. The Kier molecular flexibility index (Phi) is 1.82. The van der Waals surface area contributed by atoms with Gasteiger partial charge in [0.25, 0.3) is 0 Å². The molecule has 1 nitrogen and oxygen atoms in total. The molecule has 0 N–H and O–H groups in total. The first-order valence-corrected chi connectivity index (χ1v) is 4.97. The molecule has 1 aromatic heterocycles. The van der Waals surface area contributed by atoms with E-state index in [2.05, 4.69) is 18.2 Å². The number of hydrogen-bond donors (Lipinski definition) is 0. The Bertz CT molecular complexity index is 578. The largest absolute Gasteiger partial charge is 0.464 e. The second kappa shape index (κ2) is 3.28. The van der Waals surface area contributed by atoms with E-state index >= 15 is 0 Å². The second-order valence-corrected chi connectivity index (χ2v) is 3.51. The molecule has 1 heteroatoms. The Morgan fingerprint density at radius 3 is 2.33 bits per heavy atom. The summed E-state index contributed by atoms with van der Waals surface area (Å²) in [4.78, 5) is 0. The molecule has 2 aromatic carbocycles. The Balaban J connectivity index is 2.28. The number of furan rings is 1. The van der Waals surface area contributed by atoms with E-state index in [4.69, 9.17) is 4.42 Å². The molecule has 0 aliphatic rings. The van der Waals surface area contributed by atoms with Crippen LogP contribution in [0.2, 0.25) is 0 Å². The Morgan fingerprint density at radius 2 is 1.47 bits per heavy atom. The predicted molar refractivity (Wildman–Crippen MR) is 61.7 cm³/mol. The van der Waals surface area contributed by atoms with Crippen LogP contribution in [-0.2, 0) is 0 Å². The zero-order valence-electron chi connectivity index (χ0n) is 8.18. The van der Waals surface area contributed by atoms with Gasteiger partial charge in [-0.3, -0.25) is 0 Å². The predicted octanol–water partition coefficient (Wildman–Crippen LogP) is 4.10. The third kappa shape index (κ3) is 1.33. The van der Waals surface area contributed by atoms with Gasteiger partial charge in [0.15, 0.2) is 0 Å². The van der Waals surface area contributed by atoms with Crippen LogP contribution < -0.4 is 0 Å². The van der Waals surface area contributed by atoms with Gasteiger partial charge in [-0.05, 0) is 11.6 Å². The summed E-state index contributed by atoms with van der Waals surface area (Å²) in [6.07, 6.45) is 1.82. The highest BCUT2D eigenvalue weighted by Crippen LogP contribution is 2.29. The first-order valence-electron chi connectivity index (χ1n) is 4.97. The van der Waals surface area contributed by atoms with Gasteiger partial charge >= 0.3 is 0 Å². The van der Waals surface area contributed by atoms with E-state index in [1.165, 1.54) is 10.9 Å². The van der Waals surface area contributed by atoms with E-state index in [0.717, 1.165) is 11.1 Å². The molecule has 72 valence electrons. The van der Waals surface area contributed by atoms with Crippen LogP contribution in [0.15, 0.2) is 65.3 Å². The molecule has 0 unspecified atom stereocenters. The third-order valence-corrected chi connectivity index (χ3v) is 2.57. The maximum Gasteiger partial charge on any atom is 0.134 e. The molecule has 0 saturated carbocycles. The van der Waals surface area contributed by atoms with E-state index in [9.17, 15) is 0 Å². The normalized spacial score (nSPS) is 10.7. The van der Waals surface area contributed by atoms with Gasteiger partial charge in [0.05, 0.1) is 6.26 Å². The average molecular weight is 194 g/mol. The fraction of sp³-hybridized carbons (Fsp3) is 0. The highest BCUT2D eigenvalue weighted by atomic mass is 16.3. The minimum Gasteiger partial charge on any atom is -0.464 e. The smallest absolute Gasteiger partial charge is 0.134 e.